The number of imidazole rings is 1. The van der Waals surface area contributed by atoms with Gasteiger partial charge in [-0.1, -0.05) is 42.3 Å². The summed E-state index contributed by atoms with van der Waals surface area (Å²) in [5.41, 5.74) is 6.23. The Labute approximate surface area is 215 Å². The van der Waals surface area contributed by atoms with Crippen LogP contribution in [-0.4, -0.2) is 24.6 Å². The zero-order valence-electron chi connectivity index (χ0n) is 20.4. The molecule has 3 aromatic heterocycles. The summed E-state index contributed by atoms with van der Waals surface area (Å²) < 4.78 is 2.39. The minimum Gasteiger partial charge on any atom is -0.384 e. The Bertz CT molecular complexity index is 1640. The molecule has 0 bridgehead atoms. The van der Waals surface area contributed by atoms with Crippen LogP contribution in [0.2, 0.25) is 0 Å². The van der Waals surface area contributed by atoms with Crippen molar-refractivity contribution in [3.05, 3.63) is 83.7 Å². The Morgan fingerprint density at radius 1 is 1.03 bits per heavy atom. The first-order valence-corrected chi connectivity index (χ1v) is 12.7. The van der Waals surface area contributed by atoms with Gasteiger partial charge < -0.3 is 14.7 Å². The number of aromatic amines is 1. The van der Waals surface area contributed by atoms with Crippen molar-refractivity contribution in [2.24, 2.45) is 5.92 Å². The van der Waals surface area contributed by atoms with Gasteiger partial charge in [0.15, 0.2) is 0 Å². The van der Waals surface area contributed by atoms with E-state index in [2.05, 4.69) is 32.6 Å². The Balaban J connectivity index is 1.39. The molecular formula is C31H27N5O. The van der Waals surface area contributed by atoms with Gasteiger partial charge in [0.05, 0.1) is 17.8 Å². The van der Waals surface area contributed by atoms with Gasteiger partial charge in [0, 0.05) is 35.2 Å². The maximum Gasteiger partial charge on any atom is 0.141 e. The molecule has 0 aliphatic heterocycles. The van der Waals surface area contributed by atoms with Gasteiger partial charge in [-0.15, -0.1) is 6.42 Å². The topological polar surface area (TPSA) is 90.5 Å². The first-order valence-electron chi connectivity index (χ1n) is 12.7. The van der Waals surface area contributed by atoms with E-state index in [0.29, 0.717) is 18.4 Å². The number of nitrogens with zero attached hydrogens (tertiary/aromatic N) is 4. The summed E-state index contributed by atoms with van der Waals surface area (Å²) in [5.74, 6) is 3.99. The lowest BCUT2D eigenvalue weighted by atomic mass is 9.84. The highest BCUT2D eigenvalue weighted by molar-refractivity contribution is 6.02. The number of aliphatic hydroxyl groups excluding tert-OH is 1. The number of aliphatic hydroxyl groups is 1. The molecule has 0 radical (unpaired) electrons. The fourth-order valence-electron chi connectivity index (χ4n) is 5.66. The number of hydrogen-bond acceptors (Lipinski definition) is 4. The number of benzene rings is 2. The SMILES string of the molecule is C#Cc1ccc(C(O)c2ccc(-c3nc4cnc5[nH]ccc5c4n3C3CCC(CC#N)CC3)cc2)cc1. The molecule has 0 amide bonds. The second kappa shape index (κ2) is 9.58. The summed E-state index contributed by atoms with van der Waals surface area (Å²) in [5, 5.41) is 21.2. The fraction of sp³-hybridized carbons (Fsp3) is 0.258. The molecule has 6 nitrogen and oxygen atoms in total. The van der Waals surface area contributed by atoms with Gasteiger partial charge in [-0.3, -0.25) is 0 Å². The van der Waals surface area contributed by atoms with Gasteiger partial charge in [-0.25, -0.2) is 9.97 Å². The van der Waals surface area contributed by atoms with Gasteiger partial charge in [0.2, 0.25) is 0 Å². The van der Waals surface area contributed by atoms with E-state index in [0.717, 1.165) is 75.8 Å². The Morgan fingerprint density at radius 2 is 1.73 bits per heavy atom. The molecule has 1 fully saturated rings. The largest absolute Gasteiger partial charge is 0.384 e. The van der Waals surface area contributed by atoms with Gasteiger partial charge in [0.25, 0.3) is 0 Å². The monoisotopic (exact) mass is 485 g/mol. The summed E-state index contributed by atoms with van der Waals surface area (Å²) >= 11 is 0. The lowest BCUT2D eigenvalue weighted by Gasteiger charge is -2.30. The second-order valence-electron chi connectivity index (χ2n) is 9.87. The average Bonchev–Trinajstić information content (AvgIpc) is 3.58. The van der Waals surface area contributed by atoms with Crippen LogP contribution in [0, 0.1) is 29.6 Å². The fourth-order valence-corrected chi connectivity index (χ4v) is 5.66. The Morgan fingerprint density at radius 3 is 2.41 bits per heavy atom. The van der Waals surface area contributed by atoms with E-state index in [-0.39, 0.29) is 0 Å². The van der Waals surface area contributed by atoms with Crippen molar-refractivity contribution in [1.29, 1.82) is 5.26 Å². The summed E-state index contributed by atoms with van der Waals surface area (Å²) in [6.45, 7) is 0. The smallest absolute Gasteiger partial charge is 0.141 e. The van der Waals surface area contributed by atoms with E-state index in [1.54, 1.807) is 0 Å². The van der Waals surface area contributed by atoms with Gasteiger partial charge >= 0.3 is 0 Å². The molecule has 1 atom stereocenters. The lowest BCUT2D eigenvalue weighted by molar-refractivity contribution is 0.220. The molecule has 6 rings (SSSR count). The zero-order valence-corrected chi connectivity index (χ0v) is 20.4. The summed E-state index contributed by atoms with van der Waals surface area (Å²) in [4.78, 5) is 12.8. The standard InChI is InChI=1S/C31H27N5O/c1-2-20-3-7-22(8-4-20)29(37)23-9-11-24(12-10-23)31-35-27-19-34-30-26(16-18-33-30)28(27)36(31)25-13-5-21(6-14-25)15-17-32/h1,3-4,7-12,16,18-19,21,25,29,37H,5-6,13-15H2,(H,33,34). The van der Waals surface area contributed by atoms with Crippen molar-refractivity contribution in [3.8, 4) is 29.8 Å². The number of hydrogen-bond donors (Lipinski definition) is 2. The second-order valence-corrected chi connectivity index (χ2v) is 9.87. The molecule has 2 aromatic carbocycles. The van der Waals surface area contributed by atoms with E-state index in [9.17, 15) is 5.11 Å². The Hall–Kier alpha value is -4.39. The van der Waals surface area contributed by atoms with Gasteiger partial charge in [-0.2, -0.15) is 5.26 Å². The first-order chi connectivity index (χ1) is 18.2. The molecular weight excluding hydrogens is 458 g/mol. The van der Waals surface area contributed by atoms with Crippen molar-refractivity contribution in [2.75, 3.05) is 0 Å². The summed E-state index contributed by atoms with van der Waals surface area (Å²) in [6.07, 6.45) is 13.2. The van der Waals surface area contributed by atoms with Crippen LogP contribution in [0.4, 0.5) is 0 Å². The third-order valence-corrected chi connectivity index (χ3v) is 7.67. The number of fused-ring (bicyclic) bond motifs is 3. The normalized spacial score (nSPS) is 18.5. The molecule has 6 heteroatoms. The molecule has 0 spiro atoms. The molecule has 182 valence electrons. The number of nitriles is 1. The lowest BCUT2D eigenvalue weighted by Crippen LogP contribution is -2.19. The minimum absolute atomic E-state index is 0.301. The highest BCUT2D eigenvalue weighted by Crippen LogP contribution is 2.40. The molecule has 1 aliphatic carbocycles. The molecule has 2 N–H and O–H groups in total. The van der Waals surface area contributed by atoms with Crippen LogP contribution in [0.3, 0.4) is 0 Å². The Kier molecular flexibility index (Phi) is 5.96. The molecule has 5 aromatic rings. The van der Waals surface area contributed by atoms with Crippen molar-refractivity contribution < 1.29 is 5.11 Å². The third-order valence-electron chi connectivity index (χ3n) is 7.67. The number of aromatic nitrogens is 4. The third kappa shape index (κ3) is 4.16. The molecule has 1 saturated carbocycles. The molecule has 0 saturated heterocycles. The molecule has 1 aliphatic rings. The van der Waals surface area contributed by atoms with Crippen LogP contribution in [0.5, 0.6) is 0 Å². The van der Waals surface area contributed by atoms with Crippen molar-refractivity contribution in [3.63, 3.8) is 0 Å². The van der Waals surface area contributed by atoms with Crippen LogP contribution in [0.1, 0.15) is 60.9 Å². The molecule has 1 unspecified atom stereocenters. The maximum absolute atomic E-state index is 10.9. The molecule has 3 heterocycles. The highest BCUT2D eigenvalue weighted by atomic mass is 16.3. The van der Waals surface area contributed by atoms with Crippen LogP contribution in [0.15, 0.2) is 67.0 Å². The van der Waals surface area contributed by atoms with Crippen LogP contribution >= 0.6 is 0 Å². The van der Waals surface area contributed by atoms with Crippen molar-refractivity contribution in [1.82, 2.24) is 19.5 Å². The number of pyridine rings is 1. The van der Waals surface area contributed by atoms with Crippen molar-refractivity contribution >= 4 is 22.1 Å². The van der Waals surface area contributed by atoms with Gasteiger partial charge in [0.1, 0.15) is 23.1 Å². The molecule has 37 heavy (non-hydrogen) atoms. The first kappa shape index (κ1) is 23.0. The van der Waals surface area contributed by atoms with Crippen molar-refractivity contribution in [2.45, 2.75) is 44.2 Å². The maximum atomic E-state index is 10.9. The van der Waals surface area contributed by atoms with Crippen LogP contribution < -0.4 is 0 Å². The average molecular weight is 486 g/mol. The van der Waals surface area contributed by atoms with Crippen LogP contribution in [0.25, 0.3) is 33.5 Å². The quantitative estimate of drug-likeness (QED) is 0.286. The number of nitrogens with one attached hydrogen (secondary N) is 1. The zero-order chi connectivity index (χ0) is 25.4. The predicted octanol–water partition coefficient (Wildman–Crippen LogP) is 6.29. The highest BCUT2D eigenvalue weighted by Gasteiger charge is 2.27. The predicted molar refractivity (Wildman–Crippen MR) is 144 cm³/mol. The van der Waals surface area contributed by atoms with E-state index in [1.165, 1.54) is 0 Å². The van der Waals surface area contributed by atoms with Gasteiger partial charge in [-0.05, 0) is 60.9 Å². The van der Waals surface area contributed by atoms with Crippen LogP contribution in [-0.2, 0) is 0 Å². The van der Waals surface area contributed by atoms with E-state index in [4.69, 9.17) is 16.7 Å². The van der Waals surface area contributed by atoms with E-state index < -0.39 is 6.10 Å². The van der Waals surface area contributed by atoms with E-state index in [1.807, 2.05) is 60.9 Å². The summed E-state index contributed by atoms with van der Waals surface area (Å²) in [6, 6.07) is 20.1. The number of rotatable bonds is 5. The summed E-state index contributed by atoms with van der Waals surface area (Å²) in [7, 11) is 0. The number of H-pyrrole nitrogens is 1. The number of terminal acetylenes is 1. The van der Waals surface area contributed by atoms with E-state index >= 15 is 0 Å². The minimum atomic E-state index is -0.737.